The van der Waals surface area contributed by atoms with Crippen molar-refractivity contribution in [1.82, 2.24) is 4.90 Å². The van der Waals surface area contributed by atoms with Gasteiger partial charge in [-0.15, -0.1) is 0 Å². The molecule has 0 saturated carbocycles. The van der Waals surface area contributed by atoms with Gasteiger partial charge < -0.3 is 23.5 Å². The van der Waals surface area contributed by atoms with Crippen LogP contribution in [-0.4, -0.2) is 43.1 Å². The standard InChI is InChI=1S/C29H26N2O8/c1-17-12-28(32)39-25-14-21(8-9-22(17)25)38-16-24-23-15-27(37-3)26(36-2)13-19(23)10-11-30(24)29(33)18-4-6-20(7-5-18)31(34)35/h4-9,12-15,24H,10-11,16H2,1-3H3/t24-/m0/s1. The topological polar surface area (TPSA) is 121 Å². The number of nitro benzene ring substituents is 1. The summed E-state index contributed by atoms with van der Waals surface area (Å²) < 4.78 is 22.5. The molecule has 10 heteroatoms. The molecule has 0 N–H and O–H groups in total. The molecule has 5 rings (SSSR count). The number of amides is 1. The summed E-state index contributed by atoms with van der Waals surface area (Å²) in [4.78, 5) is 37.8. The third-order valence-electron chi connectivity index (χ3n) is 6.92. The van der Waals surface area contributed by atoms with Crippen molar-refractivity contribution in [2.75, 3.05) is 27.4 Å². The zero-order chi connectivity index (χ0) is 27.7. The SMILES string of the molecule is COc1cc2c(cc1OC)[C@H](COc1ccc3c(C)cc(=O)oc3c1)N(C(=O)c1ccc([N+](=O)[O-])cc1)CC2. The molecule has 0 spiro atoms. The lowest BCUT2D eigenvalue weighted by molar-refractivity contribution is -0.384. The monoisotopic (exact) mass is 530 g/mol. The van der Waals surface area contributed by atoms with E-state index in [9.17, 15) is 19.7 Å². The van der Waals surface area contributed by atoms with Crippen molar-refractivity contribution >= 4 is 22.6 Å². The van der Waals surface area contributed by atoms with Gasteiger partial charge in [0.15, 0.2) is 11.5 Å². The Morgan fingerprint density at radius 1 is 1.05 bits per heavy atom. The largest absolute Gasteiger partial charge is 0.493 e. The van der Waals surface area contributed by atoms with E-state index in [1.54, 1.807) is 31.3 Å². The van der Waals surface area contributed by atoms with Crippen LogP contribution < -0.4 is 19.8 Å². The lowest BCUT2D eigenvalue weighted by Gasteiger charge is -2.37. The first-order chi connectivity index (χ1) is 18.8. The molecule has 2 heterocycles. The van der Waals surface area contributed by atoms with Crippen LogP contribution >= 0.6 is 0 Å². The first kappa shape index (κ1) is 25.8. The molecule has 0 bridgehead atoms. The number of rotatable bonds is 7. The number of fused-ring (bicyclic) bond motifs is 2. The van der Waals surface area contributed by atoms with Crippen LogP contribution in [0.2, 0.25) is 0 Å². The van der Waals surface area contributed by atoms with Crippen molar-refractivity contribution in [3.8, 4) is 17.2 Å². The van der Waals surface area contributed by atoms with Gasteiger partial charge in [0, 0.05) is 41.8 Å². The molecule has 1 aliphatic heterocycles. The predicted molar refractivity (Wildman–Crippen MR) is 143 cm³/mol. The Morgan fingerprint density at radius 2 is 1.77 bits per heavy atom. The number of benzene rings is 3. The number of hydrogen-bond donors (Lipinski definition) is 0. The maximum Gasteiger partial charge on any atom is 0.336 e. The number of nitro groups is 1. The minimum atomic E-state index is -0.505. The molecule has 4 aromatic rings. The van der Waals surface area contributed by atoms with E-state index in [-0.39, 0.29) is 18.2 Å². The van der Waals surface area contributed by atoms with E-state index in [0.717, 1.165) is 22.1 Å². The van der Waals surface area contributed by atoms with Gasteiger partial charge in [-0.2, -0.15) is 0 Å². The van der Waals surface area contributed by atoms with Crippen LogP contribution in [0.3, 0.4) is 0 Å². The highest BCUT2D eigenvalue weighted by molar-refractivity contribution is 5.95. The minimum Gasteiger partial charge on any atom is -0.493 e. The number of hydrogen-bond acceptors (Lipinski definition) is 8. The van der Waals surface area contributed by atoms with Gasteiger partial charge in [0.05, 0.1) is 25.2 Å². The van der Waals surface area contributed by atoms with Crippen LogP contribution in [0.15, 0.2) is 69.9 Å². The number of carbonyl (C=O) groups excluding carboxylic acids is 1. The van der Waals surface area contributed by atoms with Crippen LogP contribution in [0.25, 0.3) is 11.0 Å². The lowest BCUT2D eigenvalue weighted by Crippen LogP contribution is -2.42. The molecule has 0 aliphatic carbocycles. The van der Waals surface area contributed by atoms with Gasteiger partial charge in [-0.1, -0.05) is 0 Å². The lowest BCUT2D eigenvalue weighted by atomic mass is 9.91. The summed E-state index contributed by atoms with van der Waals surface area (Å²) in [5.41, 5.74) is 2.84. The van der Waals surface area contributed by atoms with Gasteiger partial charge >= 0.3 is 5.63 Å². The Kier molecular flexibility index (Phi) is 6.93. The number of nitrogens with zero attached hydrogens (tertiary/aromatic N) is 2. The smallest absolute Gasteiger partial charge is 0.336 e. The molecular weight excluding hydrogens is 504 g/mol. The second-order valence-corrected chi connectivity index (χ2v) is 9.19. The van der Waals surface area contributed by atoms with Gasteiger partial charge in [0.1, 0.15) is 17.9 Å². The van der Waals surface area contributed by atoms with Crippen LogP contribution in [0.1, 0.15) is 33.1 Å². The predicted octanol–water partition coefficient (Wildman–Crippen LogP) is 4.85. The molecule has 1 atom stereocenters. The molecule has 0 unspecified atom stereocenters. The van der Waals surface area contributed by atoms with Crippen molar-refractivity contribution in [2.24, 2.45) is 0 Å². The Hall–Kier alpha value is -4.86. The van der Waals surface area contributed by atoms with Crippen molar-refractivity contribution in [2.45, 2.75) is 19.4 Å². The molecule has 200 valence electrons. The third-order valence-corrected chi connectivity index (χ3v) is 6.92. The Balaban J connectivity index is 1.50. The van der Waals surface area contributed by atoms with Crippen LogP contribution in [0.4, 0.5) is 5.69 Å². The van der Waals surface area contributed by atoms with E-state index in [4.69, 9.17) is 18.6 Å². The van der Waals surface area contributed by atoms with Crippen LogP contribution in [0.5, 0.6) is 17.2 Å². The fourth-order valence-corrected chi connectivity index (χ4v) is 4.91. The molecule has 0 radical (unpaired) electrons. The second kappa shape index (κ2) is 10.5. The summed E-state index contributed by atoms with van der Waals surface area (Å²) in [6, 6.07) is 15.5. The molecule has 1 aromatic heterocycles. The normalized spacial score (nSPS) is 14.5. The summed E-state index contributed by atoms with van der Waals surface area (Å²) in [5.74, 6) is 1.31. The first-order valence-corrected chi connectivity index (χ1v) is 12.3. The fourth-order valence-electron chi connectivity index (χ4n) is 4.91. The van der Waals surface area contributed by atoms with Crippen LogP contribution in [-0.2, 0) is 6.42 Å². The Labute approximate surface area is 223 Å². The van der Waals surface area contributed by atoms with Crippen LogP contribution in [0, 0.1) is 17.0 Å². The summed E-state index contributed by atoms with van der Waals surface area (Å²) >= 11 is 0. The summed E-state index contributed by atoms with van der Waals surface area (Å²) in [7, 11) is 3.11. The number of methoxy groups -OCH3 is 2. The Bertz CT molecular complexity index is 1630. The number of non-ortho nitro benzene ring substituents is 1. The molecule has 0 saturated heterocycles. The Morgan fingerprint density at radius 3 is 2.46 bits per heavy atom. The van der Waals surface area contributed by atoms with Gasteiger partial charge in [0.25, 0.3) is 11.6 Å². The van der Waals surface area contributed by atoms with Crippen molar-refractivity contribution in [3.05, 3.63) is 103 Å². The highest BCUT2D eigenvalue weighted by Crippen LogP contribution is 2.39. The average molecular weight is 531 g/mol. The van der Waals surface area contributed by atoms with E-state index in [1.165, 1.54) is 30.3 Å². The molecule has 1 amide bonds. The molecule has 39 heavy (non-hydrogen) atoms. The quantitative estimate of drug-likeness (QED) is 0.189. The summed E-state index contributed by atoms with van der Waals surface area (Å²) in [5, 5.41) is 11.9. The highest BCUT2D eigenvalue weighted by Gasteiger charge is 2.33. The molecular formula is C29H26N2O8. The van der Waals surface area contributed by atoms with E-state index < -0.39 is 16.6 Å². The molecule has 0 fully saturated rings. The zero-order valence-corrected chi connectivity index (χ0v) is 21.6. The van der Waals surface area contributed by atoms with Crippen molar-refractivity contribution < 1.29 is 28.3 Å². The average Bonchev–Trinajstić information content (AvgIpc) is 2.94. The van der Waals surface area contributed by atoms with E-state index in [0.29, 0.717) is 41.4 Å². The van der Waals surface area contributed by atoms with E-state index in [2.05, 4.69) is 0 Å². The molecule has 10 nitrogen and oxygen atoms in total. The van der Waals surface area contributed by atoms with Crippen molar-refractivity contribution in [3.63, 3.8) is 0 Å². The van der Waals surface area contributed by atoms with Gasteiger partial charge in [-0.05, 0) is 66.4 Å². The summed E-state index contributed by atoms with van der Waals surface area (Å²) in [6.07, 6.45) is 0.575. The maximum absolute atomic E-state index is 13.6. The number of aryl methyl sites for hydroxylation is 1. The second-order valence-electron chi connectivity index (χ2n) is 9.19. The van der Waals surface area contributed by atoms with E-state index >= 15 is 0 Å². The van der Waals surface area contributed by atoms with E-state index in [1.807, 2.05) is 25.1 Å². The van der Waals surface area contributed by atoms with Gasteiger partial charge in [-0.25, -0.2) is 4.79 Å². The highest BCUT2D eigenvalue weighted by atomic mass is 16.6. The molecule has 1 aliphatic rings. The van der Waals surface area contributed by atoms with Crippen molar-refractivity contribution in [1.29, 1.82) is 0 Å². The summed E-state index contributed by atoms with van der Waals surface area (Å²) in [6.45, 7) is 2.34. The van der Waals surface area contributed by atoms with Gasteiger partial charge in [-0.3, -0.25) is 14.9 Å². The van der Waals surface area contributed by atoms with Gasteiger partial charge in [0.2, 0.25) is 0 Å². The first-order valence-electron chi connectivity index (χ1n) is 12.3. The molecule has 3 aromatic carbocycles. The number of ether oxygens (including phenoxy) is 3. The third kappa shape index (κ3) is 5.00. The zero-order valence-electron chi connectivity index (χ0n) is 21.6. The maximum atomic E-state index is 13.6. The number of carbonyl (C=O) groups is 1. The fraction of sp³-hybridized carbons (Fsp3) is 0.241. The minimum absolute atomic E-state index is 0.0922.